The Morgan fingerprint density at radius 3 is 1.64 bits per heavy atom. The topological polar surface area (TPSA) is 41.9 Å². The van der Waals surface area contributed by atoms with Gasteiger partial charge in [-0.3, -0.25) is 9.97 Å². The van der Waals surface area contributed by atoms with Crippen LogP contribution in [0.4, 0.5) is 17.1 Å². The first kappa shape index (κ1) is 27.0. The molecule has 0 radical (unpaired) electrons. The van der Waals surface area contributed by atoms with Crippen LogP contribution in [-0.2, 0) is 0 Å². The number of rotatable bonds is 6. The molecular formula is C43H28N4. The molecule has 0 unspecified atom stereocenters. The average molecular weight is 601 g/mol. The summed E-state index contributed by atoms with van der Waals surface area (Å²) in [7, 11) is 0. The molecule has 4 nitrogen and oxygen atoms in total. The van der Waals surface area contributed by atoms with Crippen LogP contribution in [0.1, 0.15) is 0 Å². The lowest BCUT2D eigenvalue weighted by molar-refractivity contribution is 1.27. The molecule has 3 heterocycles. The van der Waals surface area contributed by atoms with Gasteiger partial charge < -0.3 is 4.90 Å². The van der Waals surface area contributed by atoms with Crippen LogP contribution >= 0.6 is 0 Å². The monoisotopic (exact) mass is 600 g/mol. The number of para-hydroxylation sites is 1. The minimum Gasteiger partial charge on any atom is -0.310 e. The van der Waals surface area contributed by atoms with Crippen LogP contribution in [0.25, 0.3) is 66.7 Å². The van der Waals surface area contributed by atoms with Gasteiger partial charge >= 0.3 is 0 Å². The summed E-state index contributed by atoms with van der Waals surface area (Å²) in [5.74, 6) is 0. The Hall–Kier alpha value is -6.39. The Morgan fingerprint density at radius 1 is 0.383 bits per heavy atom. The minimum atomic E-state index is 0.897. The van der Waals surface area contributed by atoms with Gasteiger partial charge in [-0.2, -0.15) is 0 Å². The highest BCUT2D eigenvalue weighted by atomic mass is 15.1. The van der Waals surface area contributed by atoms with Gasteiger partial charge in [0.25, 0.3) is 0 Å². The molecule has 0 N–H and O–H groups in total. The van der Waals surface area contributed by atoms with E-state index in [1.54, 1.807) is 0 Å². The Bertz CT molecular complexity index is 2320. The maximum atomic E-state index is 5.06. The van der Waals surface area contributed by atoms with Crippen molar-refractivity contribution < 1.29 is 0 Å². The molecule has 0 aliphatic heterocycles. The molecule has 0 atom stereocenters. The van der Waals surface area contributed by atoms with Gasteiger partial charge in [0.15, 0.2) is 0 Å². The van der Waals surface area contributed by atoms with Gasteiger partial charge in [-0.25, -0.2) is 4.98 Å². The lowest BCUT2D eigenvalue weighted by Crippen LogP contribution is -2.10. The molecular weight excluding hydrogens is 573 g/mol. The number of hydrogen-bond donors (Lipinski definition) is 0. The van der Waals surface area contributed by atoms with E-state index in [0.717, 1.165) is 50.7 Å². The standard InChI is InChI=1S/C43H28N4/c1-2-9-33(10-3-1)47(42-17-16-38-36-13-5-4-12-35(36)37-14-7-15-39(42)43(37)38)34-11-6-8-31(26-34)32-27-40(29-18-22-44-23-19-29)46-41(28-32)30-20-24-45-25-21-30/h1-28H. The summed E-state index contributed by atoms with van der Waals surface area (Å²) in [5, 5.41) is 2.54. The SMILES string of the molecule is c1ccc(N(c2cccc(-c3cc(-c4ccncc4)nc(-c4ccncc4)c3)c2)c2ccc3c4c(cccc24)-c2ccccc2-3)cc1. The van der Waals surface area contributed by atoms with Crippen LogP contribution in [0.2, 0.25) is 0 Å². The summed E-state index contributed by atoms with van der Waals surface area (Å²) in [6, 6.07) is 51.8. The van der Waals surface area contributed by atoms with Gasteiger partial charge in [-0.15, -0.1) is 0 Å². The molecule has 0 saturated carbocycles. The number of fused-ring (bicyclic) bond motifs is 3. The zero-order chi connectivity index (χ0) is 31.2. The highest BCUT2D eigenvalue weighted by molar-refractivity contribution is 6.19. The maximum absolute atomic E-state index is 5.06. The van der Waals surface area contributed by atoms with Gasteiger partial charge in [-0.05, 0) is 105 Å². The molecule has 4 heteroatoms. The third kappa shape index (κ3) is 4.66. The maximum Gasteiger partial charge on any atom is 0.0716 e. The van der Waals surface area contributed by atoms with Crippen molar-refractivity contribution in [3.63, 3.8) is 0 Å². The number of pyridine rings is 3. The second kappa shape index (κ2) is 11.2. The Morgan fingerprint density at radius 2 is 0.957 bits per heavy atom. The molecule has 9 rings (SSSR count). The molecule has 3 aromatic heterocycles. The summed E-state index contributed by atoms with van der Waals surface area (Å²) in [5.41, 5.74) is 14.5. The lowest BCUT2D eigenvalue weighted by atomic mass is 9.98. The second-order valence-corrected chi connectivity index (χ2v) is 11.7. The fourth-order valence-electron chi connectivity index (χ4n) is 6.86. The Labute approximate surface area is 273 Å². The fourth-order valence-corrected chi connectivity index (χ4v) is 6.86. The molecule has 0 saturated heterocycles. The van der Waals surface area contributed by atoms with E-state index in [0.29, 0.717) is 0 Å². The summed E-state index contributed by atoms with van der Waals surface area (Å²) >= 11 is 0. The van der Waals surface area contributed by atoms with Crippen LogP contribution in [0, 0.1) is 0 Å². The number of hydrogen-bond acceptors (Lipinski definition) is 4. The predicted octanol–water partition coefficient (Wildman–Crippen LogP) is 11.1. The van der Waals surface area contributed by atoms with Crippen molar-refractivity contribution in [2.45, 2.75) is 0 Å². The quantitative estimate of drug-likeness (QED) is 0.190. The summed E-state index contributed by atoms with van der Waals surface area (Å²) in [6.07, 6.45) is 7.24. The van der Waals surface area contributed by atoms with Gasteiger partial charge in [-0.1, -0.05) is 78.9 Å². The Kier molecular flexibility index (Phi) is 6.43. The fraction of sp³-hybridized carbons (Fsp3) is 0. The first-order valence-electron chi connectivity index (χ1n) is 15.8. The zero-order valence-corrected chi connectivity index (χ0v) is 25.5. The lowest BCUT2D eigenvalue weighted by Gasteiger charge is -2.27. The molecule has 1 aliphatic rings. The van der Waals surface area contributed by atoms with E-state index < -0.39 is 0 Å². The largest absolute Gasteiger partial charge is 0.310 e. The molecule has 1 aliphatic carbocycles. The van der Waals surface area contributed by atoms with E-state index in [9.17, 15) is 0 Å². The van der Waals surface area contributed by atoms with E-state index in [4.69, 9.17) is 4.98 Å². The van der Waals surface area contributed by atoms with Crippen LogP contribution in [0.3, 0.4) is 0 Å². The van der Waals surface area contributed by atoms with Crippen LogP contribution in [-0.4, -0.2) is 15.0 Å². The number of benzene rings is 5. The van der Waals surface area contributed by atoms with Gasteiger partial charge in [0.1, 0.15) is 0 Å². The van der Waals surface area contributed by atoms with Crippen molar-refractivity contribution >= 4 is 27.8 Å². The molecule has 0 amide bonds. The molecule has 0 bridgehead atoms. The van der Waals surface area contributed by atoms with Crippen LogP contribution in [0.15, 0.2) is 170 Å². The highest BCUT2D eigenvalue weighted by Crippen LogP contribution is 2.51. The van der Waals surface area contributed by atoms with E-state index in [1.807, 2.05) is 49.1 Å². The van der Waals surface area contributed by atoms with Crippen molar-refractivity contribution in [2.24, 2.45) is 0 Å². The van der Waals surface area contributed by atoms with Crippen LogP contribution < -0.4 is 4.90 Å². The smallest absolute Gasteiger partial charge is 0.0716 e. The molecule has 0 spiro atoms. The van der Waals surface area contributed by atoms with Crippen molar-refractivity contribution in [2.75, 3.05) is 4.90 Å². The summed E-state index contributed by atoms with van der Waals surface area (Å²) in [4.78, 5) is 15.9. The molecule has 0 fully saturated rings. The van der Waals surface area contributed by atoms with E-state index in [2.05, 4.69) is 136 Å². The van der Waals surface area contributed by atoms with Gasteiger partial charge in [0.05, 0.1) is 17.1 Å². The van der Waals surface area contributed by atoms with Gasteiger partial charge in [0.2, 0.25) is 0 Å². The van der Waals surface area contributed by atoms with Crippen molar-refractivity contribution in [1.82, 2.24) is 15.0 Å². The van der Waals surface area contributed by atoms with E-state index >= 15 is 0 Å². The number of nitrogens with zero attached hydrogens (tertiary/aromatic N) is 4. The zero-order valence-electron chi connectivity index (χ0n) is 25.5. The molecule has 8 aromatic rings. The molecule has 220 valence electrons. The molecule has 47 heavy (non-hydrogen) atoms. The first-order chi connectivity index (χ1) is 23.3. The van der Waals surface area contributed by atoms with Gasteiger partial charge in [0, 0.05) is 52.7 Å². The number of aromatic nitrogens is 3. The van der Waals surface area contributed by atoms with E-state index in [-0.39, 0.29) is 0 Å². The summed E-state index contributed by atoms with van der Waals surface area (Å²) in [6.45, 7) is 0. The summed E-state index contributed by atoms with van der Waals surface area (Å²) < 4.78 is 0. The predicted molar refractivity (Wildman–Crippen MR) is 193 cm³/mol. The average Bonchev–Trinajstić information content (AvgIpc) is 3.48. The van der Waals surface area contributed by atoms with E-state index in [1.165, 1.54) is 33.0 Å². The highest BCUT2D eigenvalue weighted by Gasteiger charge is 2.24. The number of anilines is 3. The van der Waals surface area contributed by atoms with Crippen molar-refractivity contribution in [1.29, 1.82) is 0 Å². The third-order valence-corrected chi connectivity index (χ3v) is 9.00. The van der Waals surface area contributed by atoms with Crippen molar-refractivity contribution in [3.05, 3.63) is 170 Å². The van der Waals surface area contributed by atoms with Crippen molar-refractivity contribution in [3.8, 4) is 55.9 Å². The first-order valence-corrected chi connectivity index (χ1v) is 15.8. The molecule has 5 aromatic carbocycles. The Balaban J connectivity index is 1.23. The second-order valence-electron chi connectivity index (χ2n) is 11.7. The normalized spacial score (nSPS) is 11.4. The van der Waals surface area contributed by atoms with Crippen LogP contribution in [0.5, 0.6) is 0 Å². The minimum absolute atomic E-state index is 0.897. The third-order valence-electron chi connectivity index (χ3n) is 9.00.